The molecule has 2 fully saturated rings. The van der Waals surface area contributed by atoms with Crippen molar-refractivity contribution in [2.24, 2.45) is 0 Å². The number of anilines is 1. The van der Waals surface area contributed by atoms with Crippen LogP contribution in [0, 0.1) is 0 Å². The van der Waals surface area contributed by atoms with Crippen molar-refractivity contribution in [1.82, 2.24) is 9.80 Å². The standard InChI is InChI=1S/C16H21N3O/c17-12-2-4-14-11(9-12)1-5-15(14)18-7-8-19-13(10-18)3-6-16(19)20/h2,4,9,13,15H,1,3,5-8,10,17H2. The second-order valence-electron chi connectivity index (χ2n) is 6.29. The van der Waals surface area contributed by atoms with Gasteiger partial charge >= 0.3 is 0 Å². The number of hydrogen-bond acceptors (Lipinski definition) is 3. The van der Waals surface area contributed by atoms with Crippen LogP contribution in [0.15, 0.2) is 18.2 Å². The summed E-state index contributed by atoms with van der Waals surface area (Å²) in [6, 6.07) is 7.34. The molecule has 1 aromatic rings. The zero-order valence-electron chi connectivity index (χ0n) is 11.7. The number of carbonyl (C=O) groups excluding carboxylic acids is 1. The van der Waals surface area contributed by atoms with Crippen LogP contribution in [0.2, 0.25) is 0 Å². The number of nitrogen functional groups attached to an aromatic ring is 1. The summed E-state index contributed by atoms with van der Waals surface area (Å²) in [5.41, 5.74) is 9.63. The highest BCUT2D eigenvalue weighted by atomic mass is 16.2. The number of carbonyl (C=O) groups is 1. The number of hydrogen-bond donors (Lipinski definition) is 1. The van der Waals surface area contributed by atoms with Crippen molar-refractivity contribution in [3.8, 4) is 0 Å². The fourth-order valence-corrected chi connectivity index (χ4v) is 4.17. The molecule has 2 N–H and O–H groups in total. The minimum atomic E-state index is 0.356. The van der Waals surface area contributed by atoms with Gasteiger partial charge in [0.2, 0.25) is 5.91 Å². The van der Waals surface area contributed by atoms with Gasteiger partial charge in [-0.25, -0.2) is 0 Å². The molecule has 2 heterocycles. The van der Waals surface area contributed by atoms with Crippen molar-refractivity contribution in [2.75, 3.05) is 25.4 Å². The number of nitrogens with two attached hydrogens (primary N) is 1. The lowest BCUT2D eigenvalue weighted by atomic mass is 10.0. The lowest BCUT2D eigenvalue weighted by molar-refractivity contribution is -0.131. The first-order chi connectivity index (χ1) is 9.72. The van der Waals surface area contributed by atoms with Gasteiger partial charge in [0.1, 0.15) is 0 Å². The van der Waals surface area contributed by atoms with Crippen molar-refractivity contribution >= 4 is 11.6 Å². The molecule has 0 radical (unpaired) electrons. The van der Waals surface area contributed by atoms with Crippen LogP contribution in [0.25, 0.3) is 0 Å². The van der Waals surface area contributed by atoms with Gasteiger partial charge in [-0.3, -0.25) is 9.69 Å². The highest BCUT2D eigenvalue weighted by Gasteiger charge is 2.39. The van der Waals surface area contributed by atoms with Crippen LogP contribution in [0.4, 0.5) is 5.69 Å². The molecule has 4 rings (SSSR count). The molecule has 0 saturated carbocycles. The summed E-state index contributed by atoms with van der Waals surface area (Å²) in [5.74, 6) is 0.356. The Balaban J connectivity index is 1.55. The number of nitrogens with zero attached hydrogens (tertiary/aromatic N) is 2. The zero-order valence-corrected chi connectivity index (χ0v) is 11.7. The van der Waals surface area contributed by atoms with Crippen LogP contribution in [0.1, 0.15) is 36.4 Å². The summed E-state index contributed by atoms with van der Waals surface area (Å²) in [5, 5.41) is 0. The molecule has 4 heteroatoms. The maximum absolute atomic E-state index is 11.8. The van der Waals surface area contributed by atoms with Gasteiger partial charge in [0.05, 0.1) is 0 Å². The van der Waals surface area contributed by atoms with Crippen LogP contribution in [-0.4, -0.2) is 41.4 Å². The number of fused-ring (bicyclic) bond motifs is 2. The fraction of sp³-hybridized carbons (Fsp3) is 0.562. The number of aryl methyl sites for hydroxylation is 1. The number of rotatable bonds is 1. The zero-order chi connectivity index (χ0) is 13.7. The minimum Gasteiger partial charge on any atom is -0.399 e. The van der Waals surface area contributed by atoms with Crippen molar-refractivity contribution < 1.29 is 4.79 Å². The lowest BCUT2D eigenvalue weighted by Gasteiger charge is -2.40. The molecule has 1 amide bonds. The predicted molar refractivity (Wildman–Crippen MR) is 78.2 cm³/mol. The quantitative estimate of drug-likeness (QED) is 0.789. The Morgan fingerprint density at radius 2 is 2.05 bits per heavy atom. The first-order valence-electron chi connectivity index (χ1n) is 7.64. The van der Waals surface area contributed by atoms with E-state index in [9.17, 15) is 4.79 Å². The smallest absolute Gasteiger partial charge is 0.222 e. The molecular formula is C16H21N3O. The summed E-state index contributed by atoms with van der Waals surface area (Å²) < 4.78 is 0. The largest absolute Gasteiger partial charge is 0.399 e. The van der Waals surface area contributed by atoms with E-state index in [0.29, 0.717) is 18.0 Å². The first-order valence-corrected chi connectivity index (χ1v) is 7.64. The molecule has 2 saturated heterocycles. The van der Waals surface area contributed by atoms with Crippen molar-refractivity contribution in [1.29, 1.82) is 0 Å². The van der Waals surface area contributed by atoms with E-state index in [0.717, 1.165) is 44.6 Å². The molecule has 106 valence electrons. The van der Waals surface area contributed by atoms with Gasteiger partial charge in [-0.05, 0) is 42.5 Å². The normalized spacial score (nSPS) is 29.6. The predicted octanol–water partition coefficient (Wildman–Crippen LogP) is 1.56. The fourth-order valence-electron chi connectivity index (χ4n) is 4.17. The Morgan fingerprint density at radius 3 is 2.95 bits per heavy atom. The number of piperazine rings is 1. The number of amides is 1. The van der Waals surface area contributed by atoms with E-state index in [1.165, 1.54) is 17.5 Å². The molecule has 3 aliphatic rings. The molecule has 0 spiro atoms. The Labute approximate surface area is 119 Å². The van der Waals surface area contributed by atoms with E-state index in [2.05, 4.69) is 21.9 Å². The molecule has 2 atom stereocenters. The highest BCUT2D eigenvalue weighted by Crippen LogP contribution is 2.38. The summed E-state index contributed by atoms with van der Waals surface area (Å²) in [6.45, 7) is 2.96. The first kappa shape index (κ1) is 12.2. The summed E-state index contributed by atoms with van der Waals surface area (Å²) in [4.78, 5) is 16.4. The molecule has 0 bridgehead atoms. The van der Waals surface area contributed by atoms with Crippen molar-refractivity contribution in [3.05, 3.63) is 29.3 Å². The Bertz CT molecular complexity index is 557. The summed E-state index contributed by atoms with van der Waals surface area (Å²) in [6.07, 6.45) is 4.11. The number of benzene rings is 1. The lowest BCUT2D eigenvalue weighted by Crippen LogP contribution is -2.52. The van der Waals surface area contributed by atoms with Crippen LogP contribution in [0.5, 0.6) is 0 Å². The average Bonchev–Trinajstić information content (AvgIpc) is 3.02. The van der Waals surface area contributed by atoms with Crippen LogP contribution >= 0.6 is 0 Å². The van der Waals surface area contributed by atoms with Gasteiger partial charge in [0, 0.05) is 43.8 Å². The molecule has 1 aliphatic carbocycles. The molecule has 20 heavy (non-hydrogen) atoms. The molecule has 2 unspecified atom stereocenters. The van der Waals surface area contributed by atoms with Crippen LogP contribution in [0.3, 0.4) is 0 Å². The van der Waals surface area contributed by atoms with Crippen LogP contribution in [-0.2, 0) is 11.2 Å². The van der Waals surface area contributed by atoms with Gasteiger partial charge in [-0.2, -0.15) is 0 Å². The monoisotopic (exact) mass is 271 g/mol. The Kier molecular flexibility index (Phi) is 2.74. The van der Waals surface area contributed by atoms with Crippen molar-refractivity contribution in [2.45, 2.75) is 37.8 Å². The van der Waals surface area contributed by atoms with Gasteiger partial charge < -0.3 is 10.6 Å². The van der Waals surface area contributed by atoms with Crippen molar-refractivity contribution in [3.63, 3.8) is 0 Å². The van der Waals surface area contributed by atoms with E-state index >= 15 is 0 Å². The third-order valence-electron chi connectivity index (χ3n) is 5.18. The van der Waals surface area contributed by atoms with Crippen LogP contribution < -0.4 is 5.73 Å². The Morgan fingerprint density at radius 1 is 1.15 bits per heavy atom. The SMILES string of the molecule is Nc1ccc2c(c1)CCC2N1CCN2C(=O)CCC2C1. The average molecular weight is 271 g/mol. The third-order valence-corrected chi connectivity index (χ3v) is 5.18. The van der Waals surface area contributed by atoms with E-state index in [1.54, 1.807) is 0 Å². The van der Waals surface area contributed by atoms with E-state index < -0.39 is 0 Å². The van der Waals surface area contributed by atoms with Gasteiger partial charge in [-0.1, -0.05) is 6.07 Å². The summed E-state index contributed by atoms with van der Waals surface area (Å²) >= 11 is 0. The molecule has 0 aromatic heterocycles. The van der Waals surface area contributed by atoms with Gasteiger partial charge in [0.15, 0.2) is 0 Å². The minimum absolute atomic E-state index is 0.356. The molecule has 1 aromatic carbocycles. The topological polar surface area (TPSA) is 49.6 Å². The molecule has 4 nitrogen and oxygen atoms in total. The second kappa shape index (κ2) is 4.48. The molecule has 2 aliphatic heterocycles. The maximum atomic E-state index is 11.8. The van der Waals surface area contributed by atoms with E-state index in [-0.39, 0.29) is 0 Å². The molecular weight excluding hydrogens is 250 g/mol. The highest BCUT2D eigenvalue weighted by molar-refractivity contribution is 5.79. The van der Waals surface area contributed by atoms with E-state index in [4.69, 9.17) is 5.73 Å². The van der Waals surface area contributed by atoms with E-state index in [1.807, 2.05) is 6.07 Å². The third kappa shape index (κ3) is 1.82. The second-order valence-corrected chi connectivity index (χ2v) is 6.29. The van der Waals surface area contributed by atoms with Gasteiger partial charge in [0.25, 0.3) is 0 Å². The Hall–Kier alpha value is -1.55. The van der Waals surface area contributed by atoms with Gasteiger partial charge in [-0.15, -0.1) is 0 Å². The summed E-state index contributed by atoms with van der Waals surface area (Å²) in [7, 11) is 0. The maximum Gasteiger partial charge on any atom is 0.222 e.